The molecule has 2 aromatic rings. The van der Waals surface area contributed by atoms with Gasteiger partial charge in [-0.05, 0) is 41.8 Å². The van der Waals surface area contributed by atoms with Crippen molar-refractivity contribution >= 4 is 21.8 Å². The van der Waals surface area contributed by atoms with E-state index in [0.29, 0.717) is 6.54 Å². The first-order chi connectivity index (χ1) is 12.2. The van der Waals surface area contributed by atoms with Crippen LogP contribution in [-0.2, 0) is 11.3 Å². The molecule has 2 N–H and O–H groups in total. The van der Waals surface area contributed by atoms with E-state index in [1.165, 1.54) is 5.56 Å². The smallest absolute Gasteiger partial charge is 0.234 e. The molecule has 0 bridgehead atoms. The van der Waals surface area contributed by atoms with Crippen LogP contribution in [0.25, 0.3) is 0 Å². The zero-order valence-electron chi connectivity index (χ0n) is 14.0. The summed E-state index contributed by atoms with van der Waals surface area (Å²) < 4.78 is 11.7. The summed E-state index contributed by atoms with van der Waals surface area (Å²) in [5.74, 6) is 1.44. The van der Waals surface area contributed by atoms with Crippen LogP contribution in [-0.4, -0.2) is 19.2 Å². The molecule has 0 aliphatic carbocycles. The second kappa shape index (κ2) is 8.36. The summed E-state index contributed by atoms with van der Waals surface area (Å²) in [6.07, 6.45) is 0.914. The third-order valence-corrected chi connectivity index (χ3v) is 4.64. The number of benzene rings is 2. The van der Waals surface area contributed by atoms with E-state index in [2.05, 4.69) is 45.6 Å². The Hall–Kier alpha value is -2.05. The van der Waals surface area contributed by atoms with Crippen LogP contribution in [0, 0.1) is 0 Å². The van der Waals surface area contributed by atoms with Crippen LogP contribution < -0.4 is 20.1 Å². The van der Waals surface area contributed by atoms with Crippen LogP contribution in [0.1, 0.15) is 30.5 Å². The topological polar surface area (TPSA) is 59.6 Å². The molecule has 1 heterocycles. The number of amides is 1. The van der Waals surface area contributed by atoms with Crippen molar-refractivity contribution in [2.75, 3.05) is 13.3 Å². The second-order valence-electron chi connectivity index (χ2n) is 5.86. The number of rotatable bonds is 7. The summed E-state index contributed by atoms with van der Waals surface area (Å²) in [7, 11) is 0. The fraction of sp³-hybridized carbons (Fsp3) is 0.316. The minimum atomic E-state index is -0.0340. The van der Waals surface area contributed by atoms with Gasteiger partial charge in [-0.1, -0.05) is 41.1 Å². The number of carbonyl (C=O) groups is 1. The van der Waals surface area contributed by atoms with Crippen molar-refractivity contribution < 1.29 is 14.3 Å². The Morgan fingerprint density at radius 2 is 1.92 bits per heavy atom. The minimum Gasteiger partial charge on any atom is -0.454 e. The summed E-state index contributed by atoms with van der Waals surface area (Å²) in [5.41, 5.74) is 2.16. The van der Waals surface area contributed by atoms with Crippen LogP contribution in [0.5, 0.6) is 11.5 Å². The molecule has 132 valence electrons. The quantitative estimate of drug-likeness (QED) is 0.740. The molecule has 5 nitrogen and oxygen atoms in total. The highest BCUT2D eigenvalue weighted by Crippen LogP contribution is 2.32. The van der Waals surface area contributed by atoms with Crippen LogP contribution >= 0.6 is 15.9 Å². The molecule has 0 radical (unpaired) electrons. The molecule has 0 aromatic heterocycles. The molecule has 0 fully saturated rings. The van der Waals surface area contributed by atoms with Crippen LogP contribution in [0.15, 0.2) is 46.9 Å². The first-order valence-electron chi connectivity index (χ1n) is 8.30. The number of ether oxygens (including phenoxy) is 2. The molecule has 1 amide bonds. The minimum absolute atomic E-state index is 0.0340. The van der Waals surface area contributed by atoms with Crippen molar-refractivity contribution in [3.63, 3.8) is 0 Å². The summed E-state index contributed by atoms with van der Waals surface area (Å²) >= 11 is 3.44. The summed E-state index contributed by atoms with van der Waals surface area (Å²) in [6.45, 7) is 3.10. The molecule has 6 heteroatoms. The highest BCUT2D eigenvalue weighted by molar-refractivity contribution is 9.10. The van der Waals surface area contributed by atoms with Gasteiger partial charge in [0.15, 0.2) is 11.5 Å². The van der Waals surface area contributed by atoms with Crippen LogP contribution in [0.3, 0.4) is 0 Å². The van der Waals surface area contributed by atoms with Gasteiger partial charge in [0.2, 0.25) is 12.7 Å². The van der Waals surface area contributed by atoms with Crippen molar-refractivity contribution in [2.24, 2.45) is 0 Å². The number of hydrogen-bond acceptors (Lipinski definition) is 4. The summed E-state index contributed by atoms with van der Waals surface area (Å²) in [5, 5.41) is 6.24. The van der Waals surface area contributed by atoms with Gasteiger partial charge in [0, 0.05) is 17.1 Å². The van der Waals surface area contributed by atoms with E-state index in [0.717, 1.165) is 28.0 Å². The third kappa shape index (κ3) is 4.74. The summed E-state index contributed by atoms with van der Waals surface area (Å²) in [4.78, 5) is 12.1. The van der Waals surface area contributed by atoms with E-state index in [1.54, 1.807) is 0 Å². The van der Waals surface area contributed by atoms with Crippen molar-refractivity contribution in [1.82, 2.24) is 10.6 Å². The van der Waals surface area contributed by atoms with Gasteiger partial charge in [0.05, 0.1) is 6.54 Å². The lowest BCUT2D eigenvalue weighted by Crippen LogP contribution is -2.35. The maximum absolute atomic E-state index is 12.1. The normalized spacial score (nSPS) is 13.5. The Morgan fingerprint density at radius 3 is 2.68 bits per heavy atom. The lowest BCUT2D eigenvalue weighted by molar-refractivity contribution is -0.120. The van der Waals surface area contributed by atoms with Gasteiger partial charge in [-0.3, -0.25) is 4.79 Å². The van der Waals surface area contributed by atoms with E-state index < -0.39 is 0 Å². The molecule has 0 saturated carbocycles. The van der Waals surface area contributed by atoms with Crippen molar-refractivity contribution in [3.05, 3.63) is 58.1 Å². The van der Waals surface area contributed by atoms with E-state index in [4.69, 9.17) is 9.47 Å². The Labute approximate surface area is 155 Å². The fourth-order valence-corrected chi connectivity index (χ4v) is 2.99. The molecule has 0 spiro atoms. The number of fused-ring (bicyclic) bond motifs is 1. The Bertz CT molecular complexity index is 734. The molecule has 1 aliphatic rings. The van der Waals surface area contributed by atoms with E-state index >= 15 is 0 Å². The maximum atomic E-state index is 12.1. The SMILES string of the molecule is CC[C@H](NCC(=O)NCc1ccc2c(c1)OCO2)c1ccc(Br)cc1. The highest BCUT2D eigenvalue weighted by atomic mass is 79.9. The standard InChI is InChI=1S/C19H21BrN2O3/c1-2-16(14-4-6-15(20)7-5-14)21-11-19(23)22-10-13-3-8-17-18(9-13)25-12-24-17/h3-9,16,21H,2,10-12H2,1H3,(H,22,23)/t16-/m0/s1. The van der Waals surface area contributed by atoms with Gasteiger partial charge < -0.3 is 20.1 Å². The Morgan fingerprint density at radius 1 is 1.16 bits per heavy atom. The average molecular weight is 405 g/mol. The number of halogens is 1. The van der Waals surface area contributed by atoms with Crippen molar-refractivity contribution in [1.29, 1.82) is 0 Å². The zero-order chi connectivity index (χ0) is 17.6. The van der Waals surface area contributed by atoms with Gasteiger partial charge in [-0.15, -0.1) is 0 Å². The fourth-order valence-electron chi connectivity index (χ4n) is 2.72. The van der Waals surface area contributed by atoms with Gasteiger partial charge in [0.1, 0.15) is 0 Å². The van der Waals surface area contributed by atoms with Crippen LogP contribution in [0.2, 0.25) is 0 Å². The van der Waals surface area contributed by atoms with E-state index in [9.17, 15) is 4.79 Å². The molecule has 0 unspecified atom stereocenters. The molecule has 2 aromatic carbocycles. The van der Waals surface area contributed by atoms with Crippen molar-refractivity contribution in [2.45, 2.75) is 25.9 Å². The number of carbonyl (C=O) groups excluding carboxylic acids is 1. The molecule has 0 saturated heterocycles. The monoisotopic (exact) mass is 404 g/mol. The molecular weight excluding hydrogens is 384 g/mol. The van der Waals surface area contributed by atoms with Gasteiger partial charge in [-0.25, -0.2) is 0 Å². The number of hydrogen-bond donors (Lipinski definition) is 2. The van der Waals surface area contributed by atoms with Gasteiger partial charge >= 0.3 is 0 Å². The zero-order valence-corrected chi connectivity index (χ0v) is 15.6. The summed E-state index contributed by atoms with van der Waals surface area (Å²) in [6, 6.07) is 14.0. The molecular formula is C19H21BrN2O3. The van der Waals surface area contributed by atoms with E-state index in [1.807, 2.05) is 30.3 Å². The molecule has 25 heavy (non-hydrogen) atoms. The predicted octanol–water partition coefficient (Wildman–Crippen LogP) is 3.53. The highest BCUT2D eigenvalue weighted by Gasteiger charge is 2.14. The van der Waals surface area contributed by atoms with E-state index in [-0.39, 0.29) is 25.3 Å². The Kier molecular flexibility index (Phi) is 5.94. The third-order valence-electron chi connectivity index (χ3n) is 4.12. The predicted molar refractivity (Wildman–Crippen MR) is 99.6 cm³/mol. The first kappa shape index (κ1) is 17.8. The molecule has 1 aliphatic heterocycles. The molecule has 1 atom stereocenters. The lowest BCUT2D eigenvalue weighted by atomic mass is 10.0. The largest absolute Gasteiger partial charge is 0.454 e. The Balaban J connectivity index is 1.48. The first-order valence-corrected chi connectivity index (χ1v) is 9.09. The lowest BCUT2D eigenvalue weighted by Gasteiger charge is -2.17. The van der Waals surface area contributed by atoms with Crippen molar-refractivity contribution in [3.8, 4) is 11.5 Å². The average Bonchev–Trinajstić information content (AvgIpc) is 3.09. The van der Waals surface area contributed by atoms with Gasteiger partial charge in [0.25, 0.3) is 0 Å². The maximum Gasteiger partial charge on any atom is 0.234 e. The van der Waals surface area contributed by atoms with Crippen LogP contribution in [0.4, 0.5) is 0 Å². The number of nitrogens with one attached hydrogen (secondary N) is 2. The molecule has 3 rings (SSSR count). The second-order valence-corrected chi connectivity index (χ2v) is 6.77. The van der Waals surface area contributed by atoms with Gasteiger partial charge in [-0.2, -0.15) is 0 Å².